The first kappa shape index (κ1) is 15.2. The van der Waals surface area contributed by atoms with Gasteiger partial charge >= 0.3 is 12.5 Å². The number of aryl methyl sites for hydroxylation is 2. The lowest BCUT2D eigenvalue weighted by atomic mass is 10.2. The maximum atomic E-state index is 13.3. The summed E-state index contributed by atoms with van der Waals surface area (Å²) in [5, 5.41) is 0. The smallest absolute Gasteiger partial charge is 0.342 e. The van der Waals surface area contributed by atoms with Crippen LogP contribution < -0.4 is 0 Å². The minimum Gasteiger partial charge on any atom is -0.466 e. The minimum absolute atomic E-state index is 0.00702. The van der Waals surface area contributed by atoms with E-state index in [9.17, 15) is 13.6 Å². The number of alkyl halides is 2. The first-order valence-electron chi connectivity index (χ1n) is 6.95. The number of rotatable bonds is 4. The van der Waals surface area contributed by atoms with E-state index in [1.165, 1.54) is 0 Å². The Kier molecular flexibility index (Phi) is 3.85. The number of hydrogen-bond donors (Lipinski definition) is 0. The molecule has 0 atom stereocenters. The highest BCUT2D eigenvalue weighted by Gasteiger charge is 2.20. The standard InChI is InChI=1S/C16H14F2N2O3/c1-9-7-11(10(2)23-9)15(21)22-8-14-19-12-5-3-4-6-13(12)20(14)16(17)18/h3-7,16H,8H2,1-2H3. The van der Waals surface area contributed by atoms with Crippen LogP contribution in [-0.2, 0) is 11.3 Å². The third kappa shape index (κ3) is 2.81. The monoisotopic (exact) mass is 320 g/mol. The zero-order valence-corrected chi connectivity index (χ0v) is 12.5. The zero-order valence-electron chi connectivity index (χ0n) is 12.5. The second-order valence-corrected chi connectivity index (χ2v) is 5.07. The Hall–Kier alpha value is -2.70. The lowest BCUT2D eigenvalue weighted by Crippen LogP contribution is -2.10. The second-order valence-electron chi connectivity index (χ2n) is 5.07. The number of para-hydroxylation sites is 2. The van der Waals surface area contributed by atoms with Gasteiger partial charge in [0.2, 0.25) is 0 Å². The van der Waals surface area contributed by atoms with Crippen molar-refractivity contribution in [1.29, 1.82) is 0 Å². The van der Waals surface area contributed by atoms with E-state index in [0.29, 0.717) is 22.6 Å². The fraction of sp³-hybridized carbons (Fsp3) is 0.250. The molecule has 5 nitrogen and oxygen atoms in total. The molecule has 0 unspecified atom stereocenters. The zero-order chi connectivity index (χ0) is 16.6. The predicted molar refractivity (Wildman–Crippen MR) is 78.3 cm³/mol. The van der Waals surface area contributed by atoms with Gasteiger partial charge in [-0.25, -0.2) is 9.78 Å². The Balaban J connectivity index is 1.86. The predicted octanol–water partition coefficient (Wildman–Crippen LogP) is 4.00. The van der Waals surface area contributed by atoms with Crippen molar-refractivity contribution in [2.45, 2.75) is 27.0 Å². The van der Waals surface area contributed by atoms with Gasteiger partial charge in [-0.05, 0) is 32.0 Å². The molecule has 120 valence electrons. The number of ether oxygens (including phenoxy) is 1. The molecule has 0 fully saturated rings. The van der Waals surface area contributed by atoms with Crippen molar-refractivity contribution >= 4 is 17.0 Å². The van der Waals surface area contributed by atoms with Gasteiger partial charge in [-0.15, -0.1) is 0 Å². The molecular formula is C16H14F2N2O3. The van der Waals surface area contributed by atoms with Crippen LogP contribution in [0.1, 0.15) is 34.3 Å². The Morgan fingerprint density at radius 2 is 2.09 bits per heavy atom. The van der Waals surface area contributed by atoms with Gasteiger partial charge in [-0.3, -0.25) is 4.57 Å². The van der Waals surface area contributed by atoms with Gasteiger partial charge < -0.3 is 9.15 Å². The Morgan fingerprint density at radius 3 is 2.74 bits per heavy atom. The summed E-state index contributed by atoms with van der Waals surface area (Å²) in [6.07, 6.45) is 0. The van der Waals surface area contributed by atoms with Crippen molar-refractivity contribution in [3.63, 3.8) is 0 Å². The fourth-order valence-corrected chi connectivity index (χ4v) is 2.46. The molecule has 0 saturated carbocycles. The van der Waals surface area contributed by atoms with Gasteiger partial charge in [0, 0.05) is 0 Å². The van der Waals surface area contributed by atoms with Crippen molar-refractivity contribution < 1.29 is 22.7 Å². The number of esters is 1. The van der Waals surface area contributed by atoms with E-state index in [1.54, 1.807) is 44.2 Å². The van der Waals surface area contributed by atoms with Crippen LogP contribution in [0.2, 0.25) is 0 Å². The Labute approximate surface area is 130 Å². The molecule has 0 spiro atoms. The maximum Gasteiger partial charge on any atom is 0.342 e. The summed E-state index contributed by atoms with van der Waals surface area (Å²) >= 11 is 0. The van der Waals surface area contributed by atoms with E-state index >= 15 is 0 Å². The number of benzene rings is 1. The third-order valence-corrected chi connectivity index (χ3v) is 3.46. The van der Waals surface area contributed by atoms with Crippen molar-refractivity contribution in [1.82, 2.24) is 9.55 Å². The number of imidazole rings is 1. The number of furan rings is 1. The summed E-state index contributed by atoms with van der Waals surface area (Å²) < 4.78 is 37.7. The number of hydrogen-bond acceptors (Lipinski definition) is 4. The first-order chi connectivity index (χ1) is 11.0. The third-order valence-electron chi connectivity index (χ3n) is 3.46. The summed E-state index contributed by atoms with van der Waals surface area (Å²) in [5.41, 5.74) is 1.00. The van der Waals surface area contributed by atoms with E-state index in [2.05, 4.69) is 4.98 Å². The number of nitrogens with zero attached hydrogens (tertiary/aromatic N) is 2. The first-order valence-corrected chi connectivity index (χ1v) is 6.95. The number of carbonyl (C=O) groups excluding carboxylic acids is 1. The highest BCUT2D eigenvalue weighted by molar-refractivity contribution is 5.90. The molecule has 1 aromatic carbocycles. The fourth-order valence-electron chi connectivity index (χ4n) is 2.46. The quantitative estimate of drug-likeness (QED) is 0.682. The largest absolute Gasteiger partial charge is 0.466 e. The molecular weight excluding hydrogens is 306 g/mol. The normalized spacial score (nSPS) is 11.3. The van der Waals surface area contributed by atoms with E-state index in [0.717, 1.165) is 4.57 Å². The molecule has 0 N–H and O–H groups in total. The molecule has 3 aromatic rings. The number of fused-ring (bicyclic) bond motifs is 1. The maximum absolute atomic E-state index is 13.3. The van der Waals surface area contributed by atoms with E-state index in [-0.39, 0.29) is 18.0 Å². The molecule has 0 bridgehead atoms. The molecule has 23 heavy (non-hydrogen) atoms. The van der Waals surface area contributed by atoms with Crippen LogP contribution in [0.4, 0.5) is 8.78 Å². The molecule has 2 aromatic heterocycles. The van der Waals surface area contributed by atoms with Crippen LogP contribution in [0.3, 0.4) is 0 Å². The highest BCUT2D eigenvalue weighted by Crippen LogP contribution is 2.24. The molecule has 0 aliphatic rings. The van der Waals surface area contributed by atoms with Gasteiger partial charge in [0.05, 0.1) is 11.0 Å². The van der Waals surface area contributed by atoms with E-state index in [1.807, 2.05) is 0 Å². The molecule has 0 aliphatic carbocycles. The lowest BCUT2D eigenvalue weighted by molar-refractivity contribution is 0.0386. The van der Waals surface area contributed by atoms with Crippen LogP contribution >= 0.6 is 0 Å². The molecule has 0 radical (unpaired) electrons. The van der Waals surface area contributed by atoms with Gasteiger partial charge in [-0.1, -0.05) is 12.1 Å². The number of aromatic nitrogens is 2. The topological polar surface area (TPSA) is 57.3 Å². The second kappa shape index (κ2) is 5.83. The summed E-state index contributed by atoms with van der Waals surface area (Å²) in [6.45, 7) is 0.230. The van der Waals surface area contributed by atoms with E-state index < -0.39 is 12.5 Å². The SMILES string of the molecule is Cc1cc(C(=O)OCc2nc3ccccc3n2C(F)F)c(C)o1. The van der Waals surface area contributed by atoms with Gasteiger partial charge in [-0.2, -0.15) is 8.78 Å². The van der Waals surface area contributed by atoms with Crippen LogP contribution in [0.5, 0.6) is 0 Å². The van der Waals surface area contributed by atoms with Gasteiger partial charge in [0.15, 0.2) is 5.82 Å². The molecule has 3 rings (SSSR count). The number of carbonyl (C=O) groups is 1. The summed E-state index contributed by atoms with van der Waals surface area (Å²) in [4.78, 5) is 16.2. The van der Waals surface area contributed by atoms with Crippen molar-refractivity contribution in [2.75, 3.05) is 0 Å². The van der Waals surface area contributed by atoms with Crippen molar-refractivity contribution in [2.24, 2.45) is 0 Å². The van der Waals surface area contributed by atoms with Crippen molar-refractivity contribution in [3.8, 4) is 0 Å². The van der Waals surface area contributed by atoms with Crippen LogP contribution in [0.15, 0.2) is 34.7 Å². The molecule has 0 aliphatic heterocycles. The van der Waals surface area contributed by atoms with Crippen LogP contribution in [-0.4, -0.2) is 15.5 Å². The Bertz CT molecular complexity index is 867. The average Bonchev–Trinajstić information content (AvgIpc) is 3.04. The van der Waals surface area contributed by atoms with Gasteiger partial charge in [0.25, 0.3) is 0 Å². The Morgan fingerprint density at radius 1 is 1.35 bits per heavy atom. The molecule has 2 heterocycles. The summed E-state index contributed by atoms with van der Waals surface area (Å²) in [5.74, 6) is 0.365. The van der Waals surface area contributed by atoms with Crippen LogP contribution in [0, 0.1) is 13.8 Å². The lowest BCUT2D eigenvalue weighted by Gasteiger charge is -2.08. The highest BCUT2D eigenvalue weighted by atomic mass is 19.3. The van der Waals surface area contributed by atoms with Crippen molar-refractivity contribution in [3.05, 3.63) is 53.2 Å². The summed E-state index contributed by atoms with van der Waals surface area (Å²) in [7, 11) is 0. The number of halogens is 2. The van der Waals surface area contributed by atoms with E-state index in [4.69, 9.17) is 9.15 Å². The van der Waals surface area contributed by atoms with Crippen LogP contribution in [0.25, 0.3) is 11.0 Å². The minimum atomic E-state index is -2.77. The molecule has 0 amide bonds. The molecule has 0 saturated heterocycles. The molecule has 7 heteroatoms. The van der Waals surface area contributed by atoms with Gasteiger partial charge in [0.1, 0.15) is 23.7 Å². The summed E-state index contributed by atoms with van der Waals surface area (Å²) in [6, 6.07) is 8.08. The average molecular weight is 320 g/mol.